The molecule has 0 radical (unpaired) electrons. The lowest BCUT2D eigenvalue weighted by Gasteiger charge is -2.11. The van der Waals surface area contributed by atoms with Gasteiger partial charge in [-0.05, 0) is 65.7 Å². The van der Waals surface area contributed by atoms with Crippen molar-refractivity contribution in [1.82, 2.24) is 3.97 Å². The van der Waals surface area contributed by atoms with Crippen LogP contribution in [0.3, 0.4) is 0 Å². The summed E-state index contributed by atoms with van der Waals surface area (Å²) in [5.41, 5.74) is 2.41. The van der Waals surface area contributed by atoms with Gasteiger partial charge in [-0.2, -0.15) is 0 Å². The van der Waals surface area contributed by atoms with Gasteiger partial charge in [0.1, 0.15) is 5.69 Å². The van der Waals surface area contributed by atoms with Crippen LogP contribution in [-0.2, 0) is 10.0 Å². The molecule has 0 N–H and O–H groups in total. The van der Waals surface area contributed by atoms with E-state index >= 15 is 0 Å². The summed E-state index contributed by atoms with van der Waals surface area (Å²) in [4.78, 5) is 13.1. The first-order valence-corrected chi connectivity index (χ1v) is 9.85. The molecule has 1 aromatic heterocycles. The second-order valence-electron chi connectivity index (χ2n) is 5.77. The van der Waals surface area contributed by atoms with Gasteiger partial charge in [-0.25, -0.2) is 12.4 Å². The first kappa shape index (κ1) is 17.6. The average Bonchev–Trinajstić information content (AvgIpc) is 3.08. The van der Waals surface area contributed by atoms with Gasteiger partial charge in [0, 0.05) is 16.2 Å². The average molecular weight is 418 g/mol. The van der Waals surface area contributed by atoms with E-state index in [0.717, 1.165) is 15.1 Å². The van der Waals surface area contributed by atoms with E-state index in [1.54, 1.807) is 42.5 Å². The van der Waals surface area contributed by atoms with Gasteiger partial charge in [-0.1, -0.05) is 29.8 Å². The van der Waals surface area contributed by atoms with E-state index < -0.39 is 10.0 Å². The molecule has 0 unspecified atom stereocenters. The molecular weight excluding hydrogens is 402 g/mol. The summed E-state index contributed by atoms with van der Waals surface area (Å²) in [7, 11) is -3.84. The maximum Gasteiger partial charge on any atom is 0.268 e. The van der Waals surface area contributed by atoms with Crippen LogP contribution in [-0.4, -0.2) is 18.2 Å². The molecule has 0 fully saturated rings. The minimum absolute atomic E-state index is 0.104. The third-order valence-corrected chi connectivity index (χ3v) is 6.72. The molecule has 2 aromatic carbocycles. The van der Waals surface area contributed by atoms with Gasteiger partial charge in [0.25, 0.3) is 10.0 Å². The normalized spacial score (nSPS) is 11.5. The van der Waals surface area contributed by atoms with Crippen molar-refractivity contribution in [2.75, 3.05) is 0 Å². The minimum Gasteiger partial charge on any atom is -0.287 e. The number of carbonyl (C=O) groups excluding carboxylic acids is 1. The molecule has 0 atom stereocenters. The number of ketones is 1. The Labute approximate surface area is 155 Å². The molecule has 0 aliphatic carbocycles. The maximum absolute atomic E-state index is 12.9. The van der Waals surface area contributed by atoms with E-state index in [4.69, 9.17) is 0 Å². The highest BCUT2D eigenvalue weighted by Gasteiger charge is 2.24. The maximum atomic E-state index is 12.9. The first-order chi connectivity index (χ1) is 11.8. The van der Waals surface area contributed by atoms with Crippen LogP contribution in [0.1, 0.15) is 27.2 Å². The molecule has 0 saturated heterocycles. The molecular formula is C19H16BrNO3S. The van der Waals surface area contributed by atoms with Crippen LogP contribution in [0.2, 0.25) is 0 Å². The number of carbonyl (C=O) groups is 1. The lowest BCUT2D eigenvalue weighted by atomic mass is 10.1. The molecule has 6 heteroatoms. The van der Waals surface area contributed by atoms with E-state index in [2.05, 4.69) is 15.9 Å². The fourth-order valence-corrected chi connectivity index (χ4v) is 4.32. The number of rotatable bonds is 4. The van der Waals surface area contributed by atoms with Crippen molar-refractivity contribution in [3.63, 3.8) is 0 Å². The Bertz CT molecular complexity index is 1050. The lowest BCUT2D eigenvalue weighted by Crippen LogP contribution is -2.18. The van der Waals surface area contributed by atoms with Crippen LogP contribution >= 0.6 is 15.9 Å². The van der Waals surface area contributed by atoms with Crippen molar-refractivity contribution in [1.29, 1.82) is 0 Å². The van der Waals surface area contributed by atoms with Gasteiger partial charge in [-0.3, -0.25) is 4.79 Å². The molecule has 25 heavy (non-hydrogen) atoms. The Morgan fingerprint density at radius 2 is 1.64 bits per heavy atom. The zero-order chi connectivity index (χ0) is 18.2. The second kappa shape index (κ2) is 6.61. The number of aryl methyl sites for hydroxylation is 2. The standard InChI is InChI=1S/C19H16BrNO3S/c1-13-8-10-15(11-9-13)25(23,24)21-12-4-7-17(21)19(22)16-6-3-5-14(2)18(16)20/h3-12H,1-2H3. The smallest absolute Gasteiger partial charge is 0.268 e. The third-order valence-electron chi connectivity index (χ3n) is 3.96. The van der Waals surface area contributed by atoms with E-state index in [0.29, 0.717) is 10.0 Å². The zero-order valence-electron chi connectivity index (χ0n) is 13.7. The van der Waals surface area contributed by atoms with Crippen molar-refractivity contribution in [2.24, 2.45) is 0 Å². The quantitative estimate of drug-likeness (QED) is 0.593. The molecule has 4 nitrogen and oxygen atoms in total. The van der Waals surface area contributed by atoms with Crippen molar-refractivity contribution in [3.8, 4) is 0 Å². The molecule has 1 heterocycles. The highest BCUT2D eigenvalue weighted by atomic mass is 79.9. The lowest BCUT2D eigenvalue weighted by molar-refractivity contribution is 0.103. The molecule has 0 aliphatic heterocycles. The fraction of sp³-hybridized carbons (Fsp3) is 0.105. The summed E-state index contributed by atoms with van der Waals surface area (Å²) in [6.07, 6.45) is 1.39. The topological polar surface area (TPSA) is 56.1 Å². The summed E-state index contributed by atoms with van der Waals surface area (Å²) in [6.45, 7) is 3.76. The van der Waals surface area contributed by atoms with E-state index in [-0.39, 0.29) is 16.4 Å². The highest BCUT2D eigenvalue weighted by molar-refractivity contribution is 9.10. The summed E-state index contributed by atoms with van der Waals surface area (Å²) >= 11 is 3.41. The molecule has 128 valence electrons. The first-order valence-electron chi connectivity index (χ1n) is 7.62. The van der Waals surface area contributed by atoms with E-state index in [1.165, 1.54) is 12.3 Å². The van der Waals surface area contributed by atoms with Gasteiger partial charge in [0.05, 0.1) is 4.90 Å². The fourth-order valence-electron chi connectivity index (χ4n) is 2.54. The number of hydrogen-bond acceptors (Lipinski definition) is 3. The summed E-state index contributed by atoms with van der Waals surface area (Å²) in [5.74, 6) is -0.351. The van der Waals surface area contributed by atoms with Crippen LogP contribution in [0.15, 0.2) is 70.2 Å². The number of halogens is 1. The predicted molar refractivity (Wildman–Crippen MR) is 101 cm³/mol. The summed E-state index contributed by atoms with van der Waals surface area (Å²) in [6, 6.07) is 15.0. The second-order valence-corrected chi connectivity index (χ2v) is 8.38. The molecule has 0 aliphatic rings. The van der Waals surface area contributed by atoms with Crippen LogP contribution in [0.5, 0.6) is 0 Å². The molecule has 3 aromatic rings. The Morgan fingerprint density at radius 1 is 0.960 bits per heavy atom. The molecule has 0 spiro atoms. The number of hydrogen-bond donors (Lipinski definition) is 0. The van der Waals surface area contributed by atoms with E-state index in [9.17, 15) is 13.2 Å². The number of benzene rings is 2. The van der Waals surface area contributed by atoms with Gasteiger partial charge < -0.3 is 0 Å². The Morgan fingerprint density at radius 3 is 2.32 bits per heavy atom. The Kier molecular flexibility index (Phi) is 4.67. The van der Waals surface area contributed by atoms with Crippen molar-refractivity contribution in [2.45, 2.75) is 18.7 Å². The largest absolute Gasteiger partial charge is 0.287 e. The van der Waals surface area contributed by atoms with Crippen LogP contribution < -0.4 is 0 Å². The van der Waals surface area contributed by atoms with E-state index in [1.807, 2.05) is 19.9 Å². The van der Waals surface area contributed by atoms with Crippen molar-refractivity contribution < 1.29 is 13.2 Å². The molecule has 0 saturated carbocycles. The molecule has 3 rings (SSSR count). The van der Waals surface area contributed by atoms with Crippen molar-refractivity contribution in [3.05, 3.63) is 87.7 Å². The van der Waals surface area contributed by atoms with Gasteiger partial charge in [-0.15, -0.1) is 0 Å². The van der Waals surface area contributed by atoms with Gasteiger partial charge >= 0.3 is 0 Å². The van der Waals surface area contributed by atoms with Crippen molar-refractivity contribution >= 4 is 31.7 Å². The molecule has 0 bridgehead atoms. The zero-order valence-corrected chi connectivity index (χ0v) is 16.1. The summed E-state index contributed by atoms with van der Waals surface area (Å²) < 4.78 is 27.5. The van der Waals surface area contributed by atoms with Gasteiger partial charge in [0.15, 0.2) is 0 Å². The molecule has 0 amide bonds. The number of aromatic nitrogens is 1. The monoisotopic (exact) mass is 417 g/mol. The Balaban J connectivity index is 2.10. The van der Waals surface area contributed by atoms with Crippen LogP contribution in [0.25, 0.3) is 0 Å². The highest BCUT2D eigenvalue weighted by Crippen LogP contribution is 2.25. The minimum atomic E-state index is -3.84. The SMILES string of the molecule is Cc1ccc(S(=O)(=O)n2cccc2C(=O)c2cccc(C)c2Br)cc1. The predicted octanol–water partition coefficient (Wildman–Crippen LogP) is 4.34. The Hall–Kier alpha value is -2.18. The van der Waals surface area contributed by atoms with Crippen LogP contribution in [0, 0.1) is 13.8 Å². The van der Waals surface area contributed by atoms with Crippen LogP contribution in [0.4, 0.5) is 0 Å². The number of nitrogens with zero attached hydrogens (tertiary/aromatic N) is 1. The summed E-state index contributed by atoms with van der Waals surface area (Å²) in [5, 5.41) is 0. The van der Waals surface area contributed by atoms with Gasteiger partial charge in [0.2, 0.25) is 5.78 Å². The third kappa shape index (κ3) is 3.19.